The highest BCUT2D eigenvalue weighted by atomic mass is 19.4. The molecule has 3 heterocycles. The maximum atomic E-state index is 14.1. The number of piperazine rings is 1. The van der Waals surface area contributed by atoms with Crippen molar-refractivity contribution in [3.05, 3.63) is 83.2 Å². The summed E-state index contributed by atoms with van der Waals surface area (Å²) in [5.74, 6) is 1.42. The van der Waals surface area contributed by atoms with Crippen molar-refractivity contribution in [1.29, 1.82) is 0 Å². The Morgan fingerprint density at radius 3 is 2.41 bits per heavy atom. The molecule has 2 saturated heterocycles. The number of fused-ring (bicyclic) bond motifs is 1. The van der Waals surface area contributed by atoms with E-state index in [0.717, 1.165) is 23.4 Å². The number of carbonyl (C=O) groups excluding carboxylic acids is 2. The summed E-state index contributed by atoms with van der Waals surface area (Å²) in [5.41, 5.74) is 0.789. The molecule has 288 valence electrons. The van der Waals surface area contributed by atoms with E-state index in [9.17, 15) is 22.8 Å². The van der Waals surface area contributed by atoms with Gasteiger partial charge < -0.3 is 34.1 Å². The van der Waals surface area contributed by atoms with Crippen molar-refractivity contribution in [2.75, 3.05) is 54.9 Å². The third-order valence-corrected chi connectivity index (χ3v) is 8.94. The van der Waals surface area contributed by atoms with Gasteiger partial charge >= 0.3 is 18.4 Å². The third-order valence-electron chi connectivity index (χ3n) is 8.94. The molecule has 0 radical (unpaired) electrons. The average molecular weight is 751 g/mol. The van der Waals surface area contributed by atoms with E-state index >= 15 is 0 Å². The van der Waals surface area contributed by atoms with Crippen LogP contribution in [0.3, 0.4) is 0 Å². The summed E-state index contributed by atoms with van der Waals surface area (Å²) < 4.78 is 65.2. The fourth-order valence-corrected chi connectivity index (χ4v) is 6.26. The second-order valence-corrected chi connectivity index (χ2v) is 14.4. The van der Waals surface area contributed by atoms with E-state index in [1.165, 1.54) is 6.07 Å². The quantitative estimate of drug-likeness (QED) is 0.173. The van der Waals surface area contributed by atoms with Crippen molar-refractivity contribution in [3.63, 3.8) is 0 Å². The van der Waals surface area contributed by atoms with Crippen LogP contribution in [-0.2, 0) is 27.0 Å². The molecule has 0 aliphatic carbocycles. The first-order valence-corrected chi connectivity index (χ1v) is 17.9. The zero-order valence-corrected chi connectivity index (χ0v) is 31.0. The van der Waals surface area contributed by atoms with E-state index in [-0.39, 0.29) is 30.1 Å². The number of ether oxygens (including phenoxy) is 4. The lowest BCUT2D eigenvalue weighted by Gasteiger charge is -2.37. The molecule has 54 heavy (non-hydrogen) atoms. The van der Waals surface area contributed by atoms with Gasteiger partial charge in [-0.05, 0) is 76.1 Å². The van der Waals surface area contributed by atoms with Crippen molar-refractivity contribution >= 4 is 40.3 Å². The summed E-state index contributed by atoms with van der Waals surface area (Å²) in [4.78, 5) is 38.5. The minimum absolute atomic E-state index is 0.0416. The van der Waals surface area contributed by atoms with Gasteiger partial charge in [-0.1, -0.05) is 30.3 Å². The fourth-order valence-electron chi connectivity index (χ4n) is 6.26. The molecule has 1 aromatic heterocycles. The normalized spacial score (nSPS) is 16.9. The lowest BCUT2D eigenvalue weighted by Crippen LogP contribution is -2.50. The molecule has 2 aliphatic heterocycles. The Hall–Kier alpha value is -5.31. The van der Waals surface area contributed by atoms with Crippen molar-refractivity contribution < 1.29 is 41.7 Å². The Balaban J connectivity index is 1.27. The van der Waals surface area contributed by atoms with Crippen LogP contribution in [0, 0.1) is 6.92 Å². The van der Waals surface area contributed by atoms with Crippen LogP contribution in [0.25, 0.3) is 10.9 Å². The van der Waals surface area contributed by atoms with Crippen LogP contribution in [0.2, 0.25) is 0 Å². The molecule has 0 saturated carbocycles. The largest absolute Gasteiger partial charge is 0.486 e. The molecule has 0 bridgehead atoms. The van der Waals surface area contributed by atoms with Gasteiger partial charge in [0.05, 0.1) is 36.0 Å². The Bertz CT molecular complexity index is 1960. The number of rotatable bonds is 9. The van der Waals surface area contributed by atoms with Crippen molar-refractivity contribution in [3.8, 4) is 5.75 Å². The van der Waals surface area contributed by atoms with Crippen LogP contribution < -0.4 is 20.3 Å². The highest BCUT2D eigenvalue weighted by molar-refractivity contribution is 5.94. The summed E-state index contributed by atoms with van der Waals surface area (Å²) in [5, 5.41) is 6.34. The molecule has 2 N–H and O–H groups in total. The zero-order valence-electron chi connectivity index (χ0n) is 31.0. The van der Waals surface area contributed by atoms with Crippen LogP contribution in [0.15, 0.2) is 60.7 Å². The second kappa shape index (κ2) is 16.0. The van der Waals surface area contributed by atoms with E-state index in [1.807, 2.05) is 39.0 Å². The maximum Gasteiger partial charge on any atom is 0.416 e. The first-order chi connectivity index (χ1) is 25.6. The molecule has 2 fully saturated rings. The number of hydrogen-bond acceptors (Lipinski definition) is 10. The molecule has 4 aromatic rings. The van der Waals surface area contributed by atoms with Gasteiger partial charge in [0, 0.05) is 43.7 Å². The topological polar surface area (TPSA) is 127 Å². The number of nitrogens with zero attached hydrogens (tertiary/aromatic N) is 4. The minimum Gasteiger partial charge on any atom is -0.486 e. The number of aryl methyl sites for hydroxylation is 1. The van der Waals surface area contributed by atoms with Gasteiger partial charge in [0.1, 0.15) is 35.7 Å². The molecule has 15 heteroatoms. The molecular formula is C39H45F3N6O6. The number of hydrogen-bond donors (Lipinski definition) is 2. The van der Waals surface area contributed by atoms with Crippen LogP contribution in [0.4, 0.5) is 40.0 Å². The maximum absolute atomic E-state index is 14.1. The number of amides is 2. The van der Waals surface area contributed by atoms with Gasteiger partial charge in [0.25, 0.3) is 0 Å². The standard InChI is InChI=1S/C39H45F3N6O6/c1-24(27-17-28(39(40,41)42)19-29(18-27)46-36(49)52-22-26-9-7-6-8-10-26)43-35-31-20-34(53-30-11-16-51-23-30)33(21-32(31)44-25(2)45-35)47-12-14-48(15-13-47)37(50)54-38(3,4)5/h6-10,17-21,24,30H,11-16,22-23H2,1-5H3,(H,46,49)(H,43,44,45)/t24-,30?/m1/s1. The fraction of sp³-hybridized carbons (Fsp3) is 0.436. The van der Waals surface area contributed by atoms with Crippen LogP contribution in [-0.4, -0.2) is 78.2 Å². The number of benzene rings is 3. The van der Waals surface area contributed by atoms with Crippen molar-refractivity contribution in [2.45, 2.75) is 71.6 Å². The van der Waals surface area contributed by atoms with Crippen molar-refractivity contribution in [1.82, 2.24) is 14.9 Å². The van der Waals surface area contributed by atoms with Crippen molar-refractivity contribution in [2.24, 2.45) is 0 Å². The monoisotopic (exact) mass is 750 g/mol. The number of anilines is 3. The molecule has 6 rings (SSSR count). The van der Waals surface area contributed by atoms with Crippen LogP contribution in [0.1, 0.15) is 62.7 Å². The van der Waals surface area contributed by atoms with Crippen LogP contribution >= 0.6 is 0 Å². The summed E-state index contributed by atoms with van der Waals surface area (Å²) in [6.45, 7) is 11.9. The molecule has 1 unspecified atom stereocenters. The Labute approximate surface area is 311 Å². The summed E-state index contributed by atoms with van der Waals surface area (Å²) in [6.07, 6.45) is -5.39. The number of nitrogens with one attached hydrogen (secondary N) is 2. The zero-order chi connectivity index (χ0) is 38.6. The van der Waals surface area contributed by atoms with Gasteiger partial charge in [0.2, 0.25) is 0 Å². The number of aromatic nitrogens is 2. The highest BCUT2D eigenvalue weighted by Gasteiger charge is 2.33. The Morgan fingerprint density at radius 1 is 1.00 bits per heavy atom. The van der Waals surface area contributed by atoms with Gasteiger partial charge in [-0.2, -0.15) is 13.2 Å². The summed E-state index contributed by atoms with van der Waals surface area (Å²) in [6, 6.07) is 15.4. The van der Waals surface area contributed by atoms with E-state index in [4.69, 9.17) is 23.9 Å². The first kappa shape index (κ1) is 38.4. The van der Waals surface area contributed by atoms with E-state index in [0.29, 0.717) is 74.1 Å². The van der Waals surface area contributed by atoms with Gasteiger partial charge in [-0.15, -0.1) is 0 Å². The van der Waals surface area contributed by atoms with E-state index in [1.54, 1.807) is 43.0 Å². The summed E-state index contributed by atoms with van der Waals surface area (Å²) in [7, 11) is 0. The highest BCUT2D eigenvalue weighted by Crippen LogP contribution is 2.39. The number of alkyl halides is 3. The number of halogens is 3. The van der Waals surface area contributed by atoms with E-state index < -0.39 is 29.5 Å². The molecule has 0 spiro atoms. The van der Waals surface area contributed by atoms with Crippen LogP contribution in [0.5, 0.6) is 5.75 Å². The van der Waals surface area contributed by atoms with Gasteiger partial charge in [-0.3, -0.25) is 5.32 Å². The molecule has 3 aromatic carbocycles. The van der Waals surface area contributed by atoms with E-state index in [2.05, 4.69) is 20.5 Å². The molecular weight excluding hydrogens is 705 g/mol. The van der Waals surface area contributed by atoms with Gasteiger partial charge in [0.15, 0.2) is 0 Å². The predicted octanol–water partition coefficient (Wildman–Crippen LogP) is 8.10. The second-order valence-electron chi connectivity index (χ2n) is 14.4. The minimum atomic E-state index is -4.68. The average Bonchev–Trinajstić information content (AvgIpc) is 3.63. The smallest absolute Gasteiger partial charge is 0.416 e. The molecule has 2 atom stereocenters. The molecule has 12 nitrogen and oxygen atoms in total. The Kier molecular flexibility index (Phi) is 11.4. The molecule has 2 aliphatic rings. The third kappa shape index (κ3) is 9.81. The predicted molar refractivity (Wildman–Crippen MR) is 198 cm³/mol. The molecule has 2 amide bonds. The number of carbonyl (C=O) groups is 2. The lowest BCUT2D eigenvalue weighted by molar-refractivity contribution is -0.137. The lowest BCUT2D eigenvalue weighted by atomic mass is 10.0. The first-order valence-electron chi connectivity index (χ1n) is 17.9. The van der Waals surface area contributed by atoms with Gasteiger partial charge in [-0.25, -0.2) is 19.6 Å². The Morgan fingerprint density at radius 2 is 1.74 bits per heavy atom. The summed E-state index contributed by atoms with van der Waals surface area (Å²) >= 11 is 0. The SMILES string of the molecule is Cc1nc(N[C@H](C)c2cc(NC(=O)OCc3ccccc3)cc(C(F)(F)F)c2)c2cc(OC3CCOC3)c(N3CCN(C(=O)OC(C)(C)C)CC3)cc2n1.